The number of hydrogen-bond acceptors (Lipinski definition) is 7. The molecule has 0 amide bonds. The van der Waals surface area contributed by atoms with E-state index >= 15 is 0 Å². The fraction of sp³-hybridized carbons (Fsp3) is 0.438. The van der Waals surface area contributed by atoms with E-state index in [2.05, 4.69) is 24.5 Å². The van der Waals surface area contributed by atoms with Crippen LogP contribution in [0.1, 0.15) is 20.8 Å². The third-order valence-corrected chi connectivity index (χ3v) is 3.22. The summed E-state index contributed by atoms with van der Waals surface area (Å²) in [6.07, 6.45) is -0.382. The summed E-state index contributed by atoms with van der Waals surface area (Å²) in [5, 5.41) is 0. The molecule has 7 heteroatoms. The van der Waals surface area contributed by atoms with Gasteiger partial charge < -0.3 is 14.2 Å². The van der Waals surface area contributed by atoms with Crippen molar-refractivity contribution < 1.29 is 28.6 Å². The first-order chi connectivity index (χ1) is 10.6. The highest BCUT2D eigenvalue weighted by atomic mass is 32.2. The Hall–Kier alpha value is -1.86. The zero-order chi connectivity index (χ0) is 18.0. The van der Waals surface area contributed by atoms with Crippen LogP contribution < -0.4 is 0 Å². The second-order valence-corrected chi connectivity index (χ2v) is 5.95. The zero-order valence-electron chi connectivity index (χ0n) is 13.7. The highest BCUT2D eigenvalue weighted by molar-refractivity contribution is 7.99. The Balaban J connectivity index is 0.000000423. The minimum absolute atomic E-state index is 0.194. The lowest BCUT2D eigenvalue weighted by molar-refractivity contribution is -0.168. The van der Waals surface area contributed by atoms with Crippen molar-refractivity contribution >= 4 is 29.7 Å². The number of hydrogen-bond donors (Lipinski definition) is 0. The van der Waals surface area contributed by atoms with Crippen LogP contribution in [0.15, 0.2) is 36.5 Å². The summed E-state index contributed by atoms with van der Waals surface area (Å²) in [7, 11) is 0. The van der Waals surface area contributed by atoms with Crippen LogP contribution in [0.25, 0.3) is 0 Å². The molecule has 1 aliphatic rings. The fourth-order valence-corrected chi connectivity index (χ4v) is 1.75. The minimum Gasteiger partial charge on any atom is -0.431 e. The van der Waals surface area contributed by atoms with Crippen LogP contribution in [0, 0.1) is 0 Å². The van der Waals surface area contributed by atoms with Gasteiger partial charge in [-0.25, -0.2) is 14.4 Å². The van der Waals surface area contributed by atoms with E-state index in [0.29, 0.717) is 12.2 Å². The molecule has 1 rings (SSSR count). The monoisotopic (exact) mass is 342 g/mol. The van der Waals surface area contributed by atoms with Crippen LogP contribution in [0.4, 0.5) is 0 Å². The predicted octanol–water partition coefficient (Wildman–Crippen LogP) is 2.40. The largest absolute Gasteiger partial charge is 0.431 e. The number of carbonyl (C=O) groups is 3. The summed E-state index contributed by atoms with van der Waals surface area (Å²) in [5.74, 6) is -0.0985. The van der Waals surface area contributed by atoms with E-state index in [0.717, 1.165) is 11.5 Å². The van der Waals surface area contributed by atoms with E-state index in [4.69, 9.17) is 9.47 Å². The second-order valence-electron chi connectivity index (χ2n) is 4.80. The third-order valence-electron chi connectivity index (χ3n) is 2.25. The smallest absolute Gasteiger partial charge is 0.340 e. The molecule has 1 atom stereocenters. The van der Waals surface area contributed by atoms with Gasteiger partial charge in [0.25, 0.3) is 0 Å². The van der Waals surface area contributed by atoms with Crippen LogP contribution in [0.2, 0.25) is 0 Å². The van der Waals surface area contributed by atoms with Gasteiger partial charge in [-0.15, -0.1) is 0 Å². The Morgan fingerprint density at radius 1 is 0.957 bits per heavy atom. The number of ether oxygens (including phenoxy) is 3. The molecule has 23 heavy (non-hydrogen) atoms. The van der Waals surface area contributed by atoms with Crippen molar-refractivity contribution in [2.24, 2.45) is 0 Å². The van der Waals surface area contributed by atoms with Gasteiger partial charge >= 0.3 is 17.9 Å². The summed E-state index contributed by atoms with van der Waals surface area (Å²) >= 11 is 1.72. The molecule has 0 spiro atoms. The number of carbonyl (C=O) groups excluding carboxylic acids is 3. The average molecular weight is 342 g/mol. The summed E-state index contributed by atoms with van der Waals surface area (Å²) in [6, 6.07) is 0. The van der Waals surface area contributed by atoms with E-state index in [1.54, 1.807) is 18.7 Å². The standard InChI is InChI=1S/C8H12O3S.C8H10O3/c1-6(2)8(9)11-7-5-12-4-3-10-7;1-5(2)7(9)11-8(10)6(3)4/h7H,1,3-5H2,2H3;1,3H2,2,4H3. The lowest BCUT2D eigenvalue weighted by Crippen LogP contribution is -2.28. The Kier molecular flexibility index (Phi) is 9.92. The summed E-state index contributed by atoms with van der Waals surface area (Å²) in [6.45, 7) is 15.3. The predicted molar refractivity (Wildman–Crippen MR) is 88.7 cm³/mol. The van der Waals surface area contributed by atoms with Crippen molar-refractivity contribution in [3.63, 3.8) is 0 Å². The van der Waals surface area contributed by atoms with E-state index < -0.39 is 11.9 Å². The van der Waals surface area contributed by atoms with Crippen molar-refractivity contribution in [1.29, 1.82) is 0 Å². The van der Waals surface area contributed by atoms with Crippen molar-refractivity contribution in [2.45, 2.75) is 27.1 Å². The van der Waals surface area contributed by atoms with Crippen LogP contribution in [-0.4, -0.2) is 42.3 Å². The molecule has 0 bridgehead atoms. The van der Waals surface area contributed by atoms with Gasteiger partial charge in [-0.1, -0.05) is 19.7 Å². The summed E-state index contributed by atoms with van der Waals surface area (Å²) < 4.78 is 14.5. The van der Waals surface area contributed by atoms with Gasteiger partial charge in [0.2, 0.25) is 6.29 Å². The van der Waals surface area contributed by atoms with Crippen molar-refractivity contribution in [3.05, 3.63) is 36.5 Å². The molecular formula is C16H22O6S. The van der Waals surface area contributed by atoms with Gasteiger partial charge in [0.05, 0.1) is 12.4 Å². The number of esters is 3. The normalized spacial score (nSPS) is 16.2. The quantitative estimate of drug-likeness (QED) is 0.441. The Morgan fingerprint density at radius 2 is 1.43 bits per heavy atom. The van der Waals surface area contributed by atoms with Gasteiger partial charge in [-0.05, 0) is 20.8 Å². The maximum atomic E-state index is 11.0. The molecule has 0 aliphatic carbocycles. The van der Waals surface area contributed by atoms with Gasteiger partial charge in [0.15, 0.2) is 0 Å². The first kappa shape index (κ1) is 21.1. The van der Waals surface area contributed by atoms with E-state index in [1.165, 1.54) is 13.8 Å². The number of thioether (sulfide) groups is 1. The molecular weight excluding hydrogens is 320 g/mol. The molecule has 0 N–H and O–H groups in total. The van der Waals surface area contributed by atoms with Crippen molar-refractivity contribution in [2.75, 3.05) is 18.1 Å². The first-order valence-electron chi connectivity index (χ1n) is 6.78. The Bertz CT molecular complexity index is 479. The Labute approximate surface area is 140 Å². The van der Waals surface area contributed by atoms with Gasteiger partial charge in [0.1, 0.15) is 0 Å². The summed E-state index contributed by atoms with van der Waals surface area (Å²) in [5.41, 5.74) is 0.799. The second kappa shape index (κ2) is 10.8. The third kappa shape index (κ3) is 9.70. The van der Waals surface area contributed by atoms with Gasteiger partial charge in [-0.2, -0.15) is 11.8 Å². The van der Waals surface area contributed by atoms with E-state index in [-0.39, 0.29) is 23.4 Å². The molecule has 0 radical (unpaired) electrons. The van der Waals surface area contributed by atoms with Crippen LogP contribution >= 0.6 is 11.8 Å². The molecule has 0 aromatic carbocycles. The van der Waals surface area contributed by atoms with Crippen molar-refractivity contribution in [1.82, 2.24) is 0 Å². The minimum atomic E-state index is -0.710. The summed E-state index contributed by atoms with van der Waals surface area (Å²) in [4.78, 5) is 32.3. The average Bonchev–Trinajstić information content (AvgIpc) is 2.48. The number of rotatable bonds is 4. The topological polar surface area (TPSA) is 78.9 Å². The molecule has 1 heterocycles. The lowest BCUT2D eigenvalue weighted by Gasteiger charge is -2.21. The lowest BCUT2D eigenvalue weighted by atomic mass is 10.3. The SMILES string of the molecule is C=C(C)C(=O)OC(=O)C(=C)C.C=C(C)C(=O)OC1CSCCO1. The van der Waals surface area contributed by atoms with Crippen LogP contribution in [-0.2, 0) is 28.6 Å². The molecule has 1 unspecified atom stereocenters. The molecule has 1 fully saturated rings. The molecule has 1 saturated heterocycles. The first-order valence-corrected chi connectivity index (χ1v) is 7.94. The fourth-order valence-electron chi connectivity index (χ4n) is 1.01. The van der Waals surface area contributed by atoms with Crippen LogP contribution in [0.5, 0.6) is 0 Å². The molecule has 6 nitrogen and oxygen atoms in total. The highest BCUT2D eigenvalue weighted by Gasteiger charge is 2.18. The van der Waals surface area contributed by atoms with Gasteiger partial charge in [0, 0.05) is 22.5 Å². The maximum absolute atomic E-state index is 11.0. The molecule has 0 aromatic rings. The zero-order valence-corrected chi connectivity index (χ0v) is 14.5. The molecule has 0 aromatic heterocycles. The van der Waals surface area contributed by atoms with E-state index in [1.807, 2.05) is 0 Å². The highest BCUT2D eigenvalue weighted by Crippen LogP contribution is 2.14. The molecule has 1 aliphatic heterocycles. The van der Waals surface area contributed by atoms with Gasteiger partial charge in [-0.3, -0.25) is 0 Å². The van der Waals surface area contributed by atoms with E-state index in [9.17, 15) is 14.4 Å². The maximum Gasteiger partial charge on any atom is 0.340 e. The Morgan fingerprint density at radius 3 is 1.78 bits per heavy atom. The molecule has 128 valence electrons. The van der Waals surface area contributed by atoms with Crippen LogP contribution in [0.3, 0.4) is 0 Å². The van der Waals surface area contributed by atoms with Crippen molar-refractivity contribution in [3.8, 4) is 0 Å². The molecule has 0 saturated carbocycles.